The highest BCUT2D eigenvalue weighted by atomic mass is 35.5. The number of anilines is 1. The summed E-state index contributed by atoms with van der Waals surface area (Å²) in [6.07, 6.45) is 0. The average molecular weight is 311 g/mol. The highest BCUT2D eigenvalue weighted by Crippen LogP contribution is 2.32. The Hall–Kier alpha value is -1.30. The molecule has 0 atom stereocenters. The van der Waals surface area contributed by atoms with Gasteiger partial charge in [-0.3, -0.25) is 0 Å². The van der Waals surface area contributed by atoms with Crippen molar-refractivity contribution in [2.24, 2.45) is 0 Å². The van der Waals surface area contributed by atoms with Gasteiger partial charge < -0.3 is 14.4 Å². The van der Waals surface area contributed by atoms with Crippen LogP contribution in [0.15, 0.2) is 23.6 Å². The van der Waals surface area contributed by atoms with E-state index in [1.807, 2.05) is 18.2 Å². The first kappa shape index (κ1) is 13.7. The minimum atomic E-state index is 0.603. The predicted octanol–water partition coefficient (Wildman–Crippen LogP) is 3.31. The SMILES string of the molecule is COc1ccc(-c2csc(N3CCOCC3)n2)cc1Cl. The Morgan fingerprint density at radius 1 is 1.35 bits per heavy atom. The van der Waals surface area contributed by atoms with Gasteiger partial charge in [-0.25, -0.2) is 4.98 Å². The van der Waals surface area contributed by atoms with Crippen LogP contribution in [-0.4, -0.2) is 38.4 Å². The fourth-order valence-corrected chi connectivity index (χ4v) is 3.27. The van der Waals surface area contributed by atoms with E-state index in [1.165, 1.54) is 0 Å². The van der Waals surface area contributed by atoms with Crippen LogP contribution in [0.25, 0.3) is 11.3 Å². The third kappa shape index (κ3) is 2.75. The van der Waals surface area contributed by atoms with Crippen LogP contribution >= 0.6 is 22.9 Å². The summed E-state index contributed by atoms with van der Waals surface area (Å²) in [6, 6.07) is 5.73. The molecular formula is C14H15ClN2O2S. The molecule has 0 unspecified atom stereocenters. The Balaban J connectivity index is 1.84. The predicted molar refractivity (Wildman–Crippen MR) is 82.1 cm³/mol. The molecule has 0 aliphatic carbocycles. The highest BCUT2D eigenvalue weighted by Gasteiger charge is 2.15. The molecule has 6 heteroatoms. The fraction of sp³-hybridized carbons (Fsp3) is 0.357. The van der Waals surface area contributed by atoms with E-state index in [-0.39, 0.29) is 0 Å². The highest BCUT2D eigenvalue weighted by molar-refractivity contribution is 7.14. The maximum Gasteiger partial charge on any atom is 0.186 e. The summed E-state index contributed by atoms with van der Waals surface area (Å²) >= 11 is 7.81. The van der Waals surface area contributed by atoms with Crippen molar-refractivity contribution < 1.29 is 9.47 Å². The van der Waals surface area contributed by atoms with Crippen LogP contribution in [-0.2, 0) is 4.74 Å². The average Bonchev–Trinajstić information content (AvgIpc) is 2.98. The van der Waals surface area contributed by atoms with Gasteiger partial charge in [0.15, 0.2) is 5.13 Å². The summed E-state index contributed by atoms with van der Waals surface area (Å²) in [6.45, 7) is 3.33. The molecule has 1 aromatic carbocycles. The molecule has 3 rings (SSSR count). The van der Waals surface area contributed by atoms with Crippen molar-refractivity contribution in [3.8, 4) is 17.0 Å². The quantitative estimate of drug-likeness (QED) is 0.871. The van der Waals surface area contributed by atoms with E-state index in [1.54, 1.807) is 18.4 Å². The molecule has 0 spiro atoms. The molecule has 0 bridgehead atoms. The van der Waals surface area contributed by atoms with Gasteiger partial charge in [0, 0.05) is 24.0 Å². The number of thiazole rings is 1. The first-order valence-corrected chi connectivity index (χ1v) is 7.66. The fourth-order valence-electron chi connectivity index (χ4n) is 2.12. The van der Waals surface area contributed by atoms with Crippen molar-refractivity contribution in [1.82, 2.24) is 4.98 Å². The van der Waals surface area contributed by atoms with Crippen LogP contribution in [0, 0.1) is 0 Å². The van der Waals surface area contributed by atoms with Gasteiger partial charge in [0.1, 0.15) is 5.75 Å². The lowest BCUT2D eigenvalue weighted by molar-refractivity contribution is 0.122. The number of benzene rings is 1. The van der Waals surface area contributed by atoms with Crippen LogP contribution < -0.4 is 9.64 Å². The summed E-state index contributed by atoms with van der Waals surface area (Å²) < 4.78 is 10.5. The van der Waals surface area contributed by atoms with Crippen molar-refractivity contribution >= 4 is 28.1 Å². The van der Waals surface area contributed by atoms with Gasteiger partial charge in [-0.2, -0.15) is 0 Å². The van der Waals surface area contributed by atoms with E-state index in [0.29, 0.717) is 10.8 Å². The van der Waals surface area contributed by atoms with E-state index in [2.05, 4.69) is 10.3 Å². The largest absolute Gasteiger partial charge is 0.495 e. The topological polar surface area (TPSA) is 34.6 Å². The Bertz CT molecular complexity index is 597. The van der Waals surface area contributed by atoms with Crippen molar-refractivity contribution in [2.75, 3.05) is 38.3 Å². The van der Waals surface area contributed by atoms with Gasteiger partial charge in [-0.15, -0.1) is 11.3 Å². The second kappa shape index (κ2) is 5.99. The van der Waals surface area contributed by atoms with Crippen molar-refractivity contribution in [3.05, 3.63) is 28.6 Å². The minimum Gasteiger partial charge on any atom is -0.495 e. The molecule has 0 amide bonds. The number of hydrogen-bond acceptors (Lipinski definition) is 5. The van der Waals surface area contributed by atoms with E-state index >= 15 is 0 Å². The number of rotatable bonds is 3. The molecule has 20 heavy (non-hydrogen) atoms. The number of morpholine rings is 1. The lowest BCUT2D eigenvalue weighted by atomic mass is 10.2. The third-order valence-corrected chi connectivity index (χ3v) is 4.42. The standard InChI is InChI=1S/C14H15ClN2O2S/c1-18-13-3-2-10(8-11(13)15)12-9-20-14(16-12)17-4-6-19-7-5-17/h2-3,8-9H,4-7H2,1H3. The summed E-state index contributed by atoms with van der Waals surface area (Å²) in [7, 11) is 1.61. The Morgan fingerprint density at radius 3 is 2.85 bits per heavy atom. The lowest BCUT2D eigenvalue weighted by Crippen LogP contribution is -2.36. The van der Waals surface area contributed by atoms with Crippen molar-refractivity contribution in [3.63, 3.8) is 0 Å². The molecule has 1 saturated heterocycles. The van der Waals surface area contributed by atoms with Gasteiger partial charge in [-0.1, -0.05) is 11.6 Å². The second-order valence-corrected chi connectivity index (χ2v) is 5.71. The van der Waals surface area contributed by atoms with E-state index in [4.69, 9.17) is 26.1 Å². The molecule has 0 N–H and O–H groups in total. The van der Waals surface area contributed by atoms with Crippen LogP contribution in [0.3, 0.4) is 0 Å². The molecule has 1 fully saturated rings. The maximum absolute atomic E-state index is 6.16. The van der Waals surface area contributed by atoms with E-state index in [9.17, 15) is 0 Å². The van der Waals surface area contributed by atoms with E-state index in [0.717, 1.165) is 42.7 Å². The van der Waals surface area contributed by atoms with Gasteiger partial charge in [0.25, 0.3) is 0 Å². The molecular weight excluding hydrogens is 296 g/mol. The number of methoxy groups -OCH3 is 1. The summed E-state index contributed by atoms with van der Waals surface area (Å²) in [5.41, 5.74) is 1.95. The number of hydrogen-bond donors (Lipinski definition) is 0. The third-order valence-electron chi connectivity index (χ3n) is 3.22. The van der Waals surface area contributed by atoms with Crippen molar-refractivity contribution in [2.45, 2.75) is 0 Å². The van der Waals surface area contributed by atoms with Crippen molar-refractivity contribution in [1.29, 1.82) is 0 Å². The number of nitrogens with zero attached hydrogens (tertiary/aromatic N) is 2. The molecule has 1 aliphatic rings. The first-order valence-electron chi connectivity index (χ1n) is 6.40. The van der Waals surface area contributed by atoms with Crippen LogP contribution in [0.5, 0.6) is 5.75 Å². The normalized spacial score (nSPS) is 15.4. The molecule has 0 saturated carbocycles. The number of halogens is 1. The summed E-state index contributed by atoms with van der Waals surface area (Å²) in [5.74, 6) is 0.680. The van der Waals surface area contributed by atoms with Crippen LogP contribution in [0.4, 0.5) is 5.13 Å². The molecule has 0 radical (unpaired) electrons. The van der Waals surface area contributed by atoms with Gasteiger partial charge >= 0.3 is 0 Å². The molecule has 4 nitrogen and oxygen atoms in total. The Morgan fingerprint density at radius 2 is 2.15 bits per heavy atom. The zero-order valence-corrected chi connectivity index (χ0v) is 12.7. The maximum atomic E-state index is 6.16. The molecule has 1 aromatic heterocycles. The zero-order chi connectivity index (χ0) is 13.9. The lowest BCUT2D eigenvalue weighted by Gasteiger charge is -2.26. The van der Waals surface area contributed by atoms with Crippen LogP contribution in [0.2, 0.25) is 5.02 Å². The van der Waals surface area contributed by atoms with Crippen LogP contribution in [0.1, 0.15) is 0 Å². The second-order valence-electron chi connectivity index (χ2n) is 4.46. The molecule has 1 aliphatic heterocycles. The molecule has 106 valence electrons. The number of aromatic nitrogens is 1. The monoisotopic (exact) mass is 310 g/mol. The minimum absolute atomic E-state index is 0.603. The smallest absolute Gasteiger partial charge is 0.186 e. The molecule has 2 heterocycles. The zero-order valence-electron chi connectivity index (χ0n) is 11.1. The Labute approximate surface area is 126 Å². The van der Waals surface area contributed by atoms with Gasteiger partial charge in [-0.05, 0) is 18.2 Å². The van der Waals surface area contributed by atoms with E-state index < -0.39 is 0 Å². The number of ether oxygens (including phenoxy) is 2. The van der Waals surface area contributed by atoms with Gasteiger partial charge in [0.2, 0.25) is 0 Å². The molecule has 2 aromatic rings. The summed E-state index contributed by atoms with van der Waals surface area (Å²) in [4.78, 5) is 6.94. The first-order chi connectivity index (χ1) is 9.78. The summed E-state index contributed by atoms with van der Waals surface area (Å²) in [5, 5.41) is 3.70. The Kier molecular flexibility index (Phi) is 4.10. The van der Waals surface area contributed by atoms with Gasteiger partial charge in [0.05, 0.1) is 31.0 Å².